The molecule has 19 aromatic carbocycles. The van der Waals surface area contributed by atoms with E-state index < -0.39 is 0 Å². The number of rotatable bonds is 13. The molecule has 0 saturated heterocycles. The predicted octanol–water partition coefficient (Wildman–Crippen LogP) is 30.4. The number of hydrogen-bond donors (Lipinski definition) is 0. The van der Waals surface area contributed by atoms with E-state index in [0.29, 0.717) is 0 Å². The third-order valence-corrected chi connectivity index (χ3v) is 21.7. The second kappa shape index (κ2) is 28.0. The van der Waals surface area contributed by atoms with Crippen molar-refractivity contribution in [3.63, 3.8) is 0 Å². The first-order chi connectivity index (χ1) is 54.5. The average molecular weight is 1400 g/mol. The molecule has 2 heterocycles. The Morgan fingerprint density at radius 1 is 0.145 bits per heavy atom. The van der Waals surface area contributed by atoms with Crippen molar-refractivity contribution in [3.8, 4) is 77.9 Å². The standard InChI is InChI=1S/C56H37NO.C50H33NO/c1-3-10-38(11-4-1)40-20-26-48(27-21-40)57(50-30-31-52-47(35-50)19-18-42-14-7-8-17-51(42)52)49-28-22-41(23-29-49)45-24-32-55-53(36-45)54-37-46(25-33-56(54)58-55)44-16-9-15-43(34-44)39-12-5-2-6-13-39;1-3-11-34(12-4-1)35-23-27-40(28-24-35)51(42-31-32-44-39(33-42)22-21-37-15-7-8-16-43(37)44)41-29-25-38(26-30-41)46-18-10-20-48-47-19-9-17-45(49(47)52-50(46)48)36-13-5-2-6-14-36/h1-37H;1-33H. The maximum absolute atomic E-state index is 6.75. The van der Waals surface area contributed by atoms with Crippen LogP contribution in [0.1, 0.15) is 0 Å². The molecule has 0 amide bonds. The third-order valence-electron chi connectivity index (χ3n) is 21.7. The van der Waals surface area contributed by atoms with E-state index in [0.717, 1.165) is 111 Å². The number of hydrogen-bond acceptors (Lipinski definition) is 4. The van der Waals surface area contributed by atoms with Crippen LogP contribution in [-0.2, 0) is 0 Å². The van der Waals surface area contributed by atoms with Gasteiger partial charge in [-0.2, -0.15) is 0 Å². The minimum Gasteiger partial charge on any atom is -0.456 e. The number of benzene rings is 19. The van der Waals surface area contributed by atoms with E-state index in [9.17, 15) is 0 Å². The van der Waals surface area contributed by atoms with Crippen molar-refractivity contribution in [1.29, 1.82) is 0 Å². The predicted molar refractivity (Wildman–Crippen MR) is 465 cm³/mol. The van der Waals surface area contributed by atoms with Gasteiger partial charge in [0.05, 0.1) is 0 Å². The van der Waals surface area contributed by atoms with Crippen LogP contribution >= 0.6 is 0 Å². The van der Waals surface area contributed by atoms with Crippen molar-refractivity contribution in [1.82, 2.24) is 0 Å². The normalized spacial score (nSPS) is 11.5. The zero-order valence-electron chi connectivity index (χ0n) is 60.1. The van der Waals surface area contributed by atoms with E-state index in [1.165, 1.54) is 87.6 Å². The fourth-order valence-corrected chi connectivity index (χ4v) is 16.2. The van der Waals surface area contributed by atoms with Crippen molar-refractivity contribution in [3.05, 3.63) is 425 Å². The van der Waals surface area contributed by atoms with E-state index in [1.54, 1.807) is 0 Å². The van der Waals surface area contributed by atoms with E-state index >= 15 is 0 Å². The molecule has 4 nitrogen and oxygen atoms in total. The Labute approximate surface area is 638 Å². The topological polar surface area (TPSA) is 32.8 Å². The molecule has 0 spiro atoms. The van der Waals surface area contributed by atoms with Crippen LogP contribution in [0.4, 0.5) is 34.1 Å². The van der Waals surface area contributed by atoms with E-state index in [-0.39, 0.29) is 0 Å². The SMILES string of the molecule is c1ccc(-c2ccc(N(c3ccc(-c4ccc5oc6ccc(-c7cccc(-c8ccccc8)c7)cc6c5c4)cc3)c3ccc4c(ccc5ccccc54)c3)cc2)cc1.c1ccc(-c2ccc(N(c3ccc(-c4cccc5c4oc4c(-c6ccccc6)cccc45)cc3)c3ccc4c(ccc5ccccc54)c3)cc2)cc1. The first-order valence-electron chi connectivity index (χ1n) is 37.6. The highest BCUT2D eigenvalue weighted by Crippen LogP contribution is 2.45. The van der Waals surface area contributed by atoms with Crippen molar-refractivity contribution >= 4 is 121 Å². The molecule has 2 aromatic heterocycles. The van der Waals surface area contributed by atoms with Crippen LogP contribution in [0.2, 0.25) is 0 Å². The smallest absolute Gasteiger partial charge is 0.143 e. The number of fused-ring (bicyclic) bond motifs is 12. The lowest BCUT2D eigenvalue weighted by Crippen LogP contribution is -2.09. The van der Waals surface area contributed by atoms with Crippen molar-refractivity contribution in [2.75, 3.05) is 9.80 Å². The van der Waals surface area contributed by atoms with Crippen LogP contribution in [0, 0.1) is 0 Å². The van der Waals surface area contributed by atoms with Gasteiger partial charge in [0, 0.05) is 66.8 Å². The summed E-state index contributed by atoms with van der Waals surface area (Å²) in [6.07, 6.45) is 0. The van der Waals surface area contributed by atoms with Crippen LogP contribution in [0.3, 0.4) is 0 Å². The summed E-state index contributed by atoms with van der Waals surface area (Å²) in [5.41, 5.74) is 26.5. The molecule has 21 rings (SSSR count). The Morgan fingerprint density at radius 3 is 0.873 bits per heavy atom. The number of anilines is 6. The summed E-state index contributed by atoms with van der Waals surface area (Å²) in [6, 6.07) is 152. The molecule has 0 aliphatic heterocycles. The molecular weight excluding hydrogens is 1330 g/mol. The van der Waals surface area contributed by atoms with Gasteiger partial charge in [-0.05, 0) is 213 Å². The molecule has 0 bridgehead atoms. The van der Waals surface area contributed by atoms with Crippen molar-refractivity contribution < 1.29 is 8.83 Å². The van der Waals surface area contributed by atoms with Gasteiger partial charge in [0.25, 0.3) is 0 Å². The number of nitrogens with zero attached hydrogens (tertiary/aromatic N) is 2. The van der Waals surface area contributed by atoms with Crippen LogP contribution in [0.5, 0.6) is 0 Å². The Kier molecular flexibility index (Phi) is 16.6. The molecular formula is C106H70N2O2. The fourth-order valence-electron chi connectivity index (χ4n) is 16.2. The first kappa shape index (κ1) is 65.0. The van der Waals surface area contributed by atoms with Crippen molar-refractivity contribution in [2.24, 2.45) is 0 Å². The molecule has 0 aliphatic carbocycles. The van der Waals surface area contributed by atoms with Gasteiger partial charge in [0.1, 0.15) is 22.3 Å². The Morgan fingerprint density at radius 2 is 0.427 bits per heavy atom. The van der Waals surface area contributed by atoms with Gasteiger partial charge >= 0.3 is 0 Å². The first-order valence-corrected chi connectivity index (χ1v) is 37.6. The van der Waals surface area contributed by atoms with Gasteiger partial charge in [0.2, 0.25) is 0 Å². The summed E-state index contributed by atoms with van der Waals surface area (Å²) in [4.78, 5) is 4.70. The highest BCUT2D eigenvalue weighted by Gasteiger charge is 2.21. The van der Waals surface area contributed by atoms with Gasteiger partial charge in [-0.3, -0.25) is 0 Å². The molecule has 516 valence electrons. The van der Waals surface area contributed by atoms with Gasteiger partial charge in [0.15, 0.2) is 0 Å². The van der Waals surface area contributed by atoms with Gasteiger partial charge in [-0.25, -0.2) is 0 Å². The van der Waals surface area contributed by atoms with Gasteiger partial charge in [-0.15, -0.1) is 0 Å². The molecule has 0 radical (unpaired) electrons. The molecule has 0 saturated carbocycles. The summed E-state index contributed by atoms with van der Waals surface area (Å²) in [5, 5.41) is 14.5. The van der Waals surface area contributed by atoms with Crippen LogP contribution < -0.4 is 9.80 Å². The summed E-state index contributed by atoms with van der Waals surface area (Å²) in [6.45, 7) is 0. The van der Waals surface area contributed by atoms with E-state index in [1.807, 2.05) is 6.07 Å². The van der Waals surface area contributed by atoms with Crippen LogP contribution in [-0.4, -0.2) is 0 Å². The molecule has 0 aliphatic rings. The largest absolute Gasteiger partial charge is 0.456 e. The Bertz CT molecular complexity index is 6970. The zero-order valence-corrected chi connectivity index (χ0v) is 60.1. The molecule has 0 unspecified atom stereocenters. The quantitative estimate of drug-likeness (QED) is 0.108. The average Bonchev–Trinajstić information content (AvgIpc) is 1.55. The Balaban J connectivity index is 0.000000145. The highest BCUT2D eigenvalue weighted by molar-refractivity contribution is 6.14. The number of furan rings is 2. The summed E-state index contributed by atoms with van der Waals surface area (Å²) in [7, 11) is 0. The molecule has 110 heavy (non-hydrogen) atoms. The lowest BCUT2D eigenvalue weighted by Gasteiger charge is -2.26. The minimum absolute atomic E-state index is 0.889. The second-order valence-electron chi connectivity index (χ2n) is 28.3. The van der Waals surface area contributed by atoms with Gasteiger partial charge in [-0.1, -0.05) is 322 Å². The fraction of sp³-hybridized carbons (Fsp3) is 0. The maximum atomic E-state index is 6.75. The van der Waals surface area contributed by atoms with Crippen LogP contribution in [0.25, 0.3) is 165 Å². The third kappa shape index (κ3) is 12.2. The summed E-state index contributed by atoms with van der Waals surface area (Å²) >= 11 is 0. The summed E-state index contributed by atoms with van der Waals surface area (Å²) < 4.78 is 13.1. The monoisotopic (exact) mass is 1400 g/mol. The lowest BCUT2D eigenvalue weighted by atomic mass is 9.97. The highest BCUT2D eigenvalue weighted by atomic mass is 16.3. The molecule has 0 fully saturated rings. The lowest BCUT2D eigenvalue weighted by molar-refractivity contribution is 0.669. The molecule has 4 heteroatoms. The molecule has 0 atom stereocenters. The molecule has 0 N–H and O–H groups in total. The van der Waals surface area contributed by atoms with Crippen LogP contribution in [0.15, 0.2) is 433 Å². The Hall–Kier alpha value is -14.6. The summed E-state index contributed by atoms with van der Waals surface area (Å²) in [5.74, 6) is 0. The maximum Gasteiger partial charge on any atom is 0.143 e. The second-order valence-corrected chi connectivity index (χ2v) is 28.3. The molecule has 21 aromatic rings. The van der Waals surface area contributed by atoms with E-state index in [4.69, 9.17) is 8.83 Å². The number of para-hydroxylation sites is 2. The minimum atomic E-state index is 0.889. The zero-order chi connectivity index (χ0) is 72.9. The van der Waals surface area contributed by atoms with Gasteiger partial charge < -0.3 is 18.6 Å². The van der Waals surface area contributed by atoms with E-state index in [2.05, 4.69) is 428 Å². The van der Waals surface area contributed by atoms with Crippen molar-refractivity contribution in [2.45, 2.75) is 0 Å².